The Morgan fingerprint density at radius 3 is 2.64 bits per heavy atom. The third kappa shape index (κ3) is 5.18. The predicted molar refractivity (Wildman–Crippen MR) is 135 cm³/mol. The molecule has 1 unspecified atom stereocenters. The molecule has 1 atom stereocenters. The summed E-state index contributed by atoms with van der Waals surface area (Å²) in [6, 6.07) is 19.0. The fourth-order valence-electron chi connectivity index (χ4n) is 4.85. The number of hydrogen-bond donors (Lipinski definition) is 1. The summed E-state index contributed by atoms with van der Waals surface area (Å²) in [7, 11) is 0. The zero-order valence-corrected chi connectivity index (χ0v) is 19.6. The second-order valence-electron chi connectivity index (χ2n) is 8.78. The number of para-hydroxylation sites is 1. The van der Waals surface area contributed by atoms with Gasteiger partial charge in [0.05, 0.1) is 11.2 Å². The normalized spacial score (nSPS) is 15.2. The Morgan fingerprint density at radius 1 is 1.06 bits per heavy atom. The van der Waals surface area contributed by atoms with E-state index in [4.69, 9.17) is 0 Å². The first-order chi connectivity index (χ1) is 16.3. The van der Waals surface area contributed by atoms with Crippen LogP contribution in [0, 0.1) is 0 Å². The maximum Gasteiger partial charge on any atom is 0.221 e. The van der Waals surface area contributed by atoms with Crippen LogP contribution in [-0.4, -0.2) is 46.5 Å². The number of likely N-dealkylation sites (tertiary alicyclic amines) is 1. The lowest BCUT2D eigenvalue weighted by Crippen LogP contribution is -2.34. The molecule has 0 saturated carbocycles. The van der Waals surface area contributed by atoms with Gasteiger partial charge < -0.3 is 14.8 Å². The average molecular weight is 459 g/mol. The number of nitrogens with zero attached hydrogens (tertiary/aromatic N) is 3. The SMILES string of the molecule is O=C(CC(c1cscn1)c1cn(Cc2ccccc2)c2ccccc12)NCCN1CCCC1. The summed E-state index contributed by atoms with van der Waals surface area (Å²) < 4.78 is 2.30. The van der Waals surface area contributed by atoms with Crippen LogP contribution in [-0.2, 0) is 11.3 Å². The third-order valence-electron chi connectivity index (χ3n) is 6.54. The van der Waals surface area contributed by atoms with Crippen molar-refractivity contribution in [3.05, 3.63) is 88.5 Å². The van der Waals surface area contributed by atoms with Gasteiger partial charge in [0.1, 0.15) is 0 Å². The summed E-state index contributed by atoms with van der Waals surface area (Å²) in [6.07, 6.45) is 5.17. The van der Waals surface area contributed by atoms with E-state index in [1.165, 1.54) is 34.9 Å². The van der Waals surface area contributed by atoms with Crippen LogP contribution in [0.25, 0.3) is 10.9 Å². The van der Waals surface area contributed by atoms with Crippen LogP contribution < -0.4 is 5.32 Å². The third-order valence-corrected chi connectivity index (χ3v) is 7.14. The van der Waals surface area contributed by atoms with Gasteiger partial charge in [-0.25, -0.2) is 4.98 Å². The van der Waals surface area contributed by atoms with Crippen molar-refractivity contribution in [3.63, 3.8) is 0 Å². The van der Waals surface area contributed by atoms with E-state index in [0.29, 0.717) is 13.0 Å². The van der Waals surface area contributed by atoms with Crippen LogP contribution in [0.15, 0.2) is 71.7 Å². The maximum absolute atomic E-state index is 13.0. The van der Waals surface area contributed by atoms with Crippen LogP contribution in [0.3, 0.4) is 0 Å². The van der Waals surface area contributed by atoms with Crippen molar-refractivity contribution in [3.8, 4) is 0 Å². The molecule has 170 valence electrons. The van der Waals surface area contributed by atoms with Gasteiger partial charge in [-0.2, -0.15) is 0 Å². The molecular weight excluding hydrogens is 428 g/mol. The Hall–Kier alpha value is -2.96. The van der Waals surface area contributed by atoms with Crippen LogP contribution in [0.4, 0.5) is 0 Å². The van der Waals surface area contributed by atoms with Crippen LogP contribution in [0.2, 0.25) is 0 Å². The minimum Gasteiger partial charge on any atom is -0.355 e. The Kier molecular flexibility index (Phi) is 6.84. The largest absolute Gasteiger partial charge is 0.355 e. The molecule has 6 heteroatoms. The maximum atomic E-state index is 13.0. The van der Waals surface area contributed by atoms with Gasteiger partial charge in [0, 0.05) is 54.5 Å². The first-order valence-electron chi connectivity index (χ1n) is 11.8. The Balaban J connectivity index is 1.39. The van der Waals surface area contributed by atoms with Crippen molar-refractivity contribution in [2.75, 3.05) is 26.2 Å². The Morgan fingerprint density at radius 2 is 1.85 bits per heavy atom. The number of thiazole rings is 1. The standard InChI is InChI=1S/C27H30N4OS/c32-27(28-12-15-30-13-6-7-14-30)16-23(25-19-33-20-29-25)24-18-31(17-21-8-2-1-3-9-21)26-11-5-4-10-22(24)26/h1-5,8-11,18-20,23H,6-7,12-17H2,(H,28,32). The van der Waals surface area contributed by atoms with Crippen molar-refractivity contribution < 1.29 is 4.79 Å². The number of benzene rings is 2. The zero-order valence-electron chi connectivity index (χ0n) is 18.8. The molecule has 1 aliphatic heterocycles. The molecule has 4 aromatic rings. The monoisotopic (exact) mass is 458 g/mol. The highest BCUT2D eigenvalue weighted by Crippen LogP contribution is 2.35. The van der Waals surface area contributed by atoms with Crippen molar-refractivity contribution >= 4 is 28.1 Å². The molecule has 0 bridgehead atoms. The molecule has 2 aromatic heterocycles. The molecule has 0 aliphatic carbocycles. The molecule has 5 nitrogen and oxygen atoms in total. The molecular formula is C27H30N4OS. The highest BCUT2D eigenvalue weighted by atomic mass is 32.1. The van der Waals surface area contributed by atoms with Gasteiger partial charge in [0.15, 0.2) is 0 Å². The van der Waals surface area contributed by atoms with E-state index in [9.17, 15) is 4.79 Å². The molecule has 1 N–H and O–H groups in total. The molecule has 33 heavy (non-hydrogen) atoms. The topological polar surface area (TPSA) is 50.2 Å². The molecule has 3 heterocycles. The molecule has 5 rings (SSSR count). The van der Waals surface area contributed by atoms with E-state index in [1.54, 1.807) is 11.3 Å². The lowest BCUT2D eigenvalue weighted by molar-refractivity contribution is -0.121. The van der Waals surface area contributed by atoms with Gasteiger partial charge in [-0.3, -0.25) is 4.79 Å². The van der Waals surface area contributed by atoms with E-state index in [-0.39, 0.29) is 11.8 Å². The summed E-state index contributed by atoms with van der Waals surface area (Å²) in [6.45, 7) is 4.74. The van der Waals surface area contributed by atoms with E-state index < -0.39 is 0 Å². The van der Waals surface area contributed by atoms with Gasteiger partial charge in [0.25, 0.3) is 0 Å². The minimum atomic E-state index is -0.0649. The van der Waals surface area contributed by atoms with Crippen molar-refractivity contribution in [2.24, 2.45) is 0 Å². The van der Waals surface area contributed by atoms with Crippen LogP contribution in [0.1, 0.15) is 42.0 Å². The molecule has 0 radical (unpaired) electrons. The number of rotatable bonds is 9. The van der Waals surface area contributed by atoms with Crippen molar-refractivity contribution in [1.82, 2.24) is 19.8 Å². The van der Waals surface area contributed by atoms with Crippen molar-refractivity contribution in [1.29, 1.82) is 0 Å². The number of nitrogens with one attached hydrogen (secondary N) is 1. The molecule has 1 saturated heterocycles. The summed E-state index contributed by atoms with van der Waals surface area (Å²) in [5, 5.41) is 6.42. The number of amides is 1. The lowest BCUT2D eigenvalue weighted by Gasteiger charge is -2.17. The van der Waals surface area contributed by atoms with E-state index in [0.717, 1.165) is 31.9 Å². The predicted octanol–water partition coefficient (Wildman–Crippen LogP) is 4.88. The summed E-state index contributed by atoms with van der Waals surface area (Å²) in [4.78, 5) is 20.0. The minimum absolute atomic E-state index is 0.0649. The van der Waals surface area contributed by atoms with E-state index in [2.05, 4.69) is 79.9 Å². The second-order valence-corrected chi connectivity index (χ2v) is 9.50. The fourth-order valence-corrected chi connectivity index (χ4v) is 5.46. The summed E-state index contributed by atoms with van der Waals surface area (Å²) in [5.41, 5.74) is 6.44. The summed E-state index contributed by atoms with van der Waals surface area (Å²) >= 11 is 1.58. The number of carbonyl (C=O) groups excluding carboxylic acids is 1. The average Bonchev–Trinajstić information content (AvgIpc) is 3.61. The molecule has 1 aliphatic rings. The lowest BCUT2D eigenvalue weighted by atomic mass is 9.92. The van der Waals surface area contributed by atoms with Gasteiger partial charge in [0.2, 0.25) is 5.91 Å². The van der Waals surface area contributed by atoms with Gasteiger partial charge in [-0.05, 0) is 43.1 Å². The van der Waals surface area contributed by atoms with E-state index >= 15 is 0 Å². The number of carbonyl (C=O) groups is 1. The summed E-state index contributed by atoms with van der Waals surface area (Å²) in [5.74, 6) is 0.0250. The van der Waals surface area contributed by atoms with Gasteiger partial charge >= 0.3 is 0 Å². The van der Waals surface area contributed by atoms with Crippen LogP contribution >= 0.6 is 11.3 Å². The quantitative estimate of drug-likeness (QED) is 0.389. The highest BCUT2D eigenvalue weighted by Gasteiger charge is 2.24. The zero-order chi connectivity index (χ0) is 22.5. The van der Waals surface area contributed by atoms with Gasteiger partial charge in [-0.1, -0.05) is 48.5 Å². The molecule has 2 aromatic carbocycles. The second kappa shape index (κ2) is 10.3. The number of aromatic nitrogens is 2. The first kappa shape index (κ1) is 21.9. The molecule has 1 amide bonds. The van der Waals surface area contributed by atoms with Crippen LogP contribution in [0.5, 0.6) is 0 Å². The van der Waals surface area contributed by atoms with E-state index in [1.807, 2.05) is 11.6 Å². The smallest absolute Gasteiger partial charge is 0.221 e. The number of hydrogen-bond acceptors (Lipinski definition) is 4. The molecule has 0 spiro atoms. The molecule has 1 fully saturated rings. The Labute approximate surface area is 199 Å². The highest BCUT2D eigenvalue weighted by molar-refractivity contribution is 7.07. The number of fused-ring (bicyclic) bond motifs is 1. The van der Waals surface area contributed by atoms with Crippen molar-refractivity contribution in [2.45, 2.75) is 31.7 Å². The van der Waals surface area contributed by atoms with Gasteiger partial charge in [-0.15, -0.1) is 11.3 Å². The Bertz CT molecular complexity index is 1180. The fraction of sp³-hybridized carbons (Fsp3) is 0.333. The first-order valence-corrected chi connectivity index (χ1v) is 12.7.